The predicted octanol–water partition coefficient (Wildman–Crippen LogP) is 2.69. The summed E-state index contributed by atoms with van der Waals surface area (Å²) in [5, 5.41) is 0. The normalized spacial score (nSPS) is 17.6. The second-order valence-corrected chi connectivity index (χ2v) is 6.35. The fraction of sp³-hybridized carbons (Fsp3) is 0.333. The predicted molar refractivity (Wildman–Crippen MR) is 91.3 cm³/mol. The van der Waals surface area contributed by atoms with Crippen molar-refractivity contribution in [3.8, 4) is 0 Å². The highest BCUT2D eigenvalue weighted by Crippen LogP contribution is 2.30. The number of carbonyl (C=O) groups is 2. The van der Waals surface area contributed by atoms with E-state index in [-0.39, 0.29) is 23.0 Å². The SMILES string of the molecule is NC(=O)c1cncc(N2CCC[C@@H](C(=O)c3ccc(C(F)(F)F)cc3)C2)n1. The van der Waals surface area contributed by atoms with Gasteiger partial charge in [-0.3, -0.25) is 14.6 Å². The number of rotatable bonds is 4. The number of piperidine rings is 1. The van der Waals surface area contributed by atoms with Crippen LogP contribution in [0.15, 0.2) is 36.7 Å². The maximum Gasteiger partial charge on any atom is 0.416 e. The molecule has 1 atom stereocenters. The van der Waals surface area contributed by atoms with Gasteiger partial charge in [0.1, 0.15) is 11.5 Å². The van der Waals surface area contributed by atoms with Crippen molar-refractivity contribution < 1.29 is 22.8 Å². The highest BCUT2D eigenvalue weighted by atomic mass is 19.4. The van der Waals surface area contributed by atoms with E-state index in [0.717, 1.165) is 12.1 Å². The molecule has 2 heterocycles. The van der Waals surface area contributed by atoms with Gasteiger partial charge >= 0.3 is 6.18 Å². The Labute approximate surface area is 153 Å². The number of Topliss-reactive ketones (excluding diaryl/α,β-unsaturated/α-hetero) is 1. The molecule has 0 unspecified atom stereocenters. The van der Waals surface area contributed by atoms with E-state index in [4.69, 9.17) is 5.73 Å². The van der Waals surface area contributed by atoms with Crippen molar-refractivity contribution in [1.82, 2.24) is 9.97 Å². The van der Waals surface area contributed by atoms with E-state index in [1.54, 1.807) is 0 Å². The minimum absolute atomic E-state index is 0.0312. The summed E-state index contributed by atoms with van der Waals surface area (Å²) in [6.45, 7) is 0.977. The number of nitrogens with two attached hydrogens (primary N) is 1. The number of ketones is 1. The van der Waals surface area contributed by atoms with Gasteiger partial charge in [0.05, 0.1) is 18.0 Å². The molecule has 1 aliphatic heterocycles. The molecular formula is C18H17F3N4O2. The van der Waals surface area contributed by atoms with Crippen LogP contribution >= 0.6 is 0 Å². The van der Waals surface area contributed by atoms with Crippen molar-refractivity contribution >= 4 is 17.5 Å². The molecule has 27 heavy (non-hydrogen) atoms. The quantitative estimate of drug-likeness (QED) is 0.827. The minimum Gasteiger partial charge on any atom is -0.364 e. The van der Waals surface area contributed by atoms with Crippen LogP contribution in [0, 0.1) is 5.92 Å². The van der Waals surface area contributed by atoms with Crippen molar-refractivity contribution in [2.24, 2.45) is 11.7 Å². The smallest absolute Gasteiger partial charge is 0.364 e. The second kappa shape index (κ2) is 7.34. The molecule has 1 aromatic heterocycles. The van der Waals surface area contributed by atoms with Crippen LogP contribution in [0.4, 0.5) is 19.0 Å². The zero-order chi connectivity index (χ0) is 19.6. The third-order valence-electron chi connectivity index (χ3n) is 4.49. The number of nitrogens with zero attached hydrogens (tertiary/aromatic N) is 3. The molecule has 0 aliphatic carbocycles. The maximum atomic E-state index is 12.7. The summed E-state index contributed by atoms with van der Waals surface area (Å²) >= 11 is 0. The zero-order valence-corrected chi connectivity index (χ0v) is 14.2. The zero-order valence-electron chi connectivity index (χ0n) is 14.2. The number of amides is 1. The fourth-order valence-electron chi connectivity index (χ4n) is 3.09. The first-order valence-electron chi connectivity index (χ1n) is 8.34. The van der Waals surface area contributed by atoms with Gasteiger partial charge in [-0.05, 0) is 25.0 Å². The van der Waals surface area contributed by atoms with E-state index in [1.807, 2.05) is 4.90 Å². The molecule has 1 aromatic carbocycles. The van der Waals surface area contributed by atoms with Crippen LogP contribution in [-0.4, -0.2) is 34.7 Å². The van der Waals surface area contributed by atoms with E-state index in [0.29, 0.717) is 31.7 Å². The molecule has 2 aromatic rings. The van der Waals surface area contributed by atoms with Crippen molar-refractivity contribution in [1.29, 1.82) is 0 Å². The Balaban J connectivity index is 1.75. The molecule has 0 radical (unpaired) electrons. The van der Waals surface area contributed by atoms with E-state index < -0.39 is 17.6 Å². The molecule has 9 heteroatoms. The fourth-order valence-corrected chi connectivity index (χ4v) is 3.09. The third kappa shape index (κ3) is 4.24. The van der Waals surface area contributed by atoms with Crippen LogP contribution in [0.5, 0.6) is 0 Å². The molecule has 0 spiro atoms. The lowest BCUT2D eigenvalue weighted by molar-refractivity contribution is -0.137. The summed E-state index contributed by atoms with van der Waals surface area (Å²) in [6.07, 6.45) is -0.357. The summed E-state index contributed by atoms with van der Waals surface area (Å²) in [4.78, 5) is 33.9. The number of halogens is 3. The summed E-state index contributed by atoms with van der Waals surface area (Å²) in [7, 11) is 0. The van der Waals surface area contributed by atoms with Gasteiger partial charge in [0.15, 0.2) is 5.78 Å². The van der Waals surface area contributed by atoms with Crippen molar-refractivity contribution in [2.75, 3.05) is 18.0 Å². The highest BCUT2D eigenvalue weighted by Gasteiger charge is 2.31. The first-order valence-corrected chi connectivity index (χ1v) is 8.34. The average molecular weight is 378 g/mol. The lowest BCUT2D eigenvalue weighted by Gasteiger charge is -2.32. The number of anilines is 1. The van der Waals surface area contributed by atoms with Crippen LogP contribution in [-0.2, 0) is 6.18 Å². The van der Waals surface area contributed by atoms with Gasteiger partial charge in [0.2, 0.25) is 0 Å². The average Bonchev–Trinajstić information content (AvgIpc) is 2.67. The Morgan fingerprint density at radius 1 is 1.15 bits per heavy atom. The van der Waals surface area contributed by atoms with Gasteiger partial charge in [-0.15, -0.1) is 0 Å². The van der Waals surface area contributed by atoms with Crippen LogP contribution in [0.2, 0.25) is 0 Å². The van der Waals surface area contributed by atoms with E-state index in [2.05, 4.69) is 9.97 Å². The van der Waals surface area contributed by atoms with Gasteiger partial charge in [0.25, 0.3) is 5.91 Å². The van der Waals surface area contributed by atoms with E-state index in [9.17, 15) is 22.8 Å². The second-order valence-electron chi connectivity index (χ2n) is 6.35. The third-order valence-corrected chi connectivity index (χ3v) is 4.49. The lowest BCUT2D eigenvalue weighted by atomic mass is 9.89. The van der Waals surface area contributed by atoms with Gasteiger partial charge in [-0.2, -0.15) is 13.2 Å². The van der Waals surface area contributed by atoms with Gasteiger partial charge in [-0.1, -0.05) is 12.1 Å². The standard InChI is InChI=1S/C18H17F3N4O2/c19-18(20,21)13-5-3-11(4-6-13)16(26)12-2-1-7-25(10-12)15-9-23-8-14(24-15)17(22)27/h3-6,8-9,12H,1-2,7,10H2,(H2,22,27)/t12-/m1/s1. The van der Waals surface area contributed by atoms with E-state index in [1.165, 1.54) is 24.5 Å². The van der Waals surface area contributed by atoms with Crippen molar-refractivity contribution in [2.45, 2.75) is 19.0 Å². The Bertz CT molecular complexity index is 852. The minimum atomic E-state index is -4.44. The first-order chi connectivity index (χ1) is 12.8. The first kappa shape index (κ1) is 18.8. The topological polar surface area (TPSA) is 89.2 Å². The highest BCUT2D eigenvalue weighted by molar-refractivity contribution is 5.98. The Morgan fingerprint density at radius 2 is 1.85 bits per heavy atom. The number of aromatic nitrogens is 2. The van der Waals surface area contributed by atoms with Gasteiger partial charge in [0, 0.05) is 24.6 Å². The number of benzene rings is 1. The number of hydrogen-bond donors (Lipinski definition) is 1. The van der Waals surface area contributed by atoms with Crippen LogP contribution in [0.3, 0.4) is 0 Å². The molecule has 142 valence electrons. The molecule has 1 aliphatic rings. The largest absolute Gasteiger partial charge is 0.416 e. The number of carbonyl (C=O) groups excluding carboxylic acids is 2. The Kier molecular flexibility index (Phi) is 5.11. The Hall–Kier alpha value is -2.97. The Morgan fingerprint density at radius 3 is 2.48 bits per heavy atom. The molecular weight excluding hydrogens is 361 g/mol. The maximum absolute atomic E-state index is 12.7. The molecule has 6 nitrogen and oxygen atoms in total. The van der Waals surface area contributed by atoms with Crippen molar-refractivity contribution in [3.63, 3.8) is 0 Å². The summed E-state index contributed by atoms with van der Waals surface area (Å²) < 4.78 is 38.0. The molecule has 1 amide bonds. The monoisotopic (exact) mass is 378 g/mol. The number of primary amides is 1. The molecule has 1 saturated heterocycles. The molecule has 1 fully saturated rings. The molecule has 2 N–H and O–H groups in total. The summed E-state index contributed by atoms with van der Waals surface area (Å²) in [5.74, 6) is -0.850. The summed E-state index contributed by atoms with van der Waals surface area (Å²) in [6, 6.07) is 4.24. The van der Waals surface area contributed by atoms with Crippen molar-refractivity contribution in [3.05, 3.63) is 53.5 Å². The molecule has 0 bridgehead atoms. The number of alkyl halides is 3. The number of hydrogen-bond acceptors (Lipinski definition) is 5. The van der Waals surface area contributed by atoms with Crippen LogP contribution in [0.25, 0.3) is 0 Å². The van der Waals surface area contributed by atoms with Crippen LogP contribution in [0.1, 0.15) is 39.3 Å². The lowest BCUT2D eigenvalue weighted by Crippen LogP contribution is -2.39. The van der Waals surface area contributed by atoms with Gasteiger partial charge in [-0.25, -0.2) is 4.98 Å². The molecule has 0 saturated carbocycles. The van der Waals surface area contributed by atoms with E-state index >= 15 is 0 Å². The molecule has 3 rings (SSSR count). The summed E-state index contributed by atoms with van der Waals surface area (Å²) in [5.41, 5.74) is 4.70. The van der Waals surface area contributed by atoms with Gasteiger partial charge < -0.3 is 10.6 Å². The van der Waals surface area contributed by atoms with Crippen LogP contribution < -0.4 is 10.6 Å².